The van der Waals surface area contributed by atoms with Gasteiger partial charge in [0.15, 0.2) is 0 Å². The molecular formula is C21H27ClN2O2S. The molecule has 1 heterocycles. The van der Waals surface area contributed by atoms with Crippen molar-refractivity contribution in [1.82, 2.24) is 9.62 Å². The molecular weight excluding hydrogens is 380 g/mol. The number of hydrogen-bond acceptors (Lipinski definition) is 3. The van der Waals surface area contributed by atoms with Gasteiger partial charge in [0.2, 0.25) is 10.0 Å². The lowest BCUT2D eigenvalue weighted by Gasteiger charge is -2.32. The number of hydrogen-bond donors (Lipinski definition) is 1. The van der Waals surface area contributed by atoms with Gasteiger partial charge in [-0.15, -0.1) is 0 Å². The molecule has 0 aliphatic carbocycles. The van der Waals surface area contributed by atoms with Crippen molar-refractivity contribution in [2.45, 2.75) is 31.1 Å². The average molecular weight is 407 g/mol. The number of piperidine rings is 1. The number of nitrogens with one attached hydrogen (secondary N) is 1. The molecule has 0 aromatic heterocycles. The predicted molar refractivity (Wildman–Crippen MR) is 111 cm³/mol. The predicted octanol–water partition coefficient (Wildman–Crippen LogP) is 3.88. The summed E-state index contributed by atoms with van der Waals surface area (Å²) < 4.78 is 27.7. The normalized spacial score (nSPS) is 18.5. The summed E-state index contributed by atoms with van der Waals surface area (Å²) in [6.07, 6.45) is 3.07. The summed E-state index contributed by atoms with van der Waals surface area (Å²) >= 11 is 6.24. The quantitative estimate of drug-likeness (QED) is 0.759. The second-order valence-electron chi connectivity index (χ2n) is 7.32. The Morgan fingerprint density at radius 3 is 2.63 bits per heavy atom. The standard InChI is InChI=1S/C21H27ClN2O2S/c1-17-8-10-20(11-9-17)27(25,26)23-15-18-5-4-13-24(16-18)14-12-19-6-2-3-7-21(19)22/h2-3,6-11,18,23H,4-5,12-16H2,1H3. The van der Waals surface area contributed by atoms with Gasteiger partial charge in [-0.1, -0.05) is 47.5 Å². The van der Waals surface area contributed by atoms with Gasteiger partial charge in [0.05, 0.1) is 4.90 Å². The van der Waals surface area contributed by atoms with Crippen molar-refractivity contribution in [3.8, 4) is 0 Å². The second kappa shape index (κ2) is 9.20. The summed E-state index contributed by atoms with van der Waals surface area (Å²) in [6.45, 7) is 5.36. The smallest absolute Gasteiger partial charge is 0.240 e. The number of nitrogens with zero attached hydrogens (tertiary/aromatic N) is 1. The van der Waals surface area contributed by atoms with E-state index in [1.54, 1.807) is 12.1 Å². The van der Waals surface area contributed by atoms with Gasteiger partial charge >= 0.3 is 0 Å². The third-order valence-corrected chi connectivity index (χ3v) is 6.96. The minimum absolute atomic E-state index is 0.333. The maximum absolute atomic E-state index is 12.5. The lowest BCUT2D eigenvalue weighted by molar-refractivity contribution is 0.178. The Kier molecular flexibility index (Phi) is 6.93. The average Bonchev–Trinajstić information content (AvgIpc) is 2.67. The van der Waals surface area contributed by atoms with Crippen LogP contribution in [-0.2, 0) is 16.4 Å². The summed E-state index contributed by atoms with van der Waals surface area (Å²) in [4.78, 5) is 2.75. The molecule has 2 aromatic rings. The SMILES string of the molecule is Cc1ccc(S(=O)(=O)NCC2CCCN(CCc3ccccc3Cl)C2)cc1. The molecule has 3 rings (SSSR count). The zero-order chi connectivity index (χ0) is 19.3. The van der Waals surface area contributed by atoms with Crippen LogP contribution in [0.1, 0.15) is 24.0 Å². The van der Waals surface area contributed by atoms with Crippen molar-refractivity contribution in [1.29, 1.82) is 0 Å². The number of rotatable bonds is 7. The van der Waals surface area contributed by atoms with Gasteiger partial charge in [-0.25, -0.2) is 13.1 Å². The lowest BCUT2D eigenvalue weighted by Crippen LogP contribution is -2.41. The van der Waals surface area contributed by atoms with E-state index in [-0.39, 0.29) is 0 Å². The molecule has 2 aromatic carbocycles. The molecule has 1 fully saturated rings. The highest BCUT2D eigenvalue weighted by Gasteiger charge is 2.22. The summed E-state index contributed by atoms with van der Waals surface area (Å²) in [5.74, 6) is 0.338. The zero-order valence-electron chi connectivity index (χ0n) is 15.7. The van der Waals surface area contributed by atoms with Crippen LogP contribution in [0.5, 0.6) is 0 Å². The van der Waals surface area contributed by atoms with Crippen LogP contribution in [0.2, 0.25) is 5.02 Å². The maximum atomic E-state index is 12.5. The molecule has 0 amide bonds. The molecule has 146 valence electrons. The van der Waals surface area contributed by atoms with Crippen LogP contribution in [0.4, 0.5) is 0 Å². The third-order valence-electron chi connectivity index (χ3n) is 5.15. The first kappa shape index (κ1) is 20.3. The number of benzene rings is 2. The van der Waals surface area contributed by atoms with Crippen molar-refractivity contribution >= 4 is 21.6 Å². The molecule has 1 unspecified atom stereocenters. The van der Waals surface area contributed by atoms with Crippen molar-refractivity contribution in [3.63, 3.8) is 0 Å². The fraction of sp³-hybridized carbons (Fsp3) is 0.429. The number of sulfonamides is 1. The van der Waals surface area contributed by atoms with Crippen LogP contribution in [0.3, 0.4) is 0 Å². The molecule has 0 bridgehead atoms. The second-order valence-corrected chi connectivity index (χ2v) is 9.49. The van der Waals surface area contributed by atoms with E-state index in [9.17, 15) is 8.42 Å². The van der Waals surface area contributed by atoms with Crippen molar-refractivity contribution in [2.24, 2.45) is 5.92 Å². The minimum Gasteiger partial charge on any atom is -0.303 e. The van der Waals surface area contributed by atoms with Crippen LogP contribution < -0.4 is 4.72 Å². The molecule has 1 atom stereocenters. The fourth-order valence-electron chi connectivity index (χ4n) is 3.53. The largest absolute Gasteiger partial charge is 0.303 e. The van der Waals surface area contributed by atoms with E-state index in [1.165, 1.54) is 5.56 Å². The molecule has 1 aliphatic heterocycles. The topological polar surface area (TPSA) is 49.4 Å². The molecule has 4 nitrogen and oxygen atoms in total. The first-order valence-corrected chi connectivity index (χ1v) is 11.3. The highest BCUT2D eigenvalue weighted by Crippen LogP contribution is 2.20. The summed E-state index contributed by atoms with van der Waals surface area (Å²) in [6, 6.07) is 14.9. The lowest BCUT2D eigenvalue weighted by atomic mass is 9.98. The van der Waals surface area contributed by atoms with Crippen LogP contribution in [0.15, 0.2) is 53.4 Å². The summed E-state index contributed by atoms with van der Waals surface area (Å²) in [5, 5.41) is 0.817. The van der Waals surface area contributed by atoms with E-state index < -0.39 is 10.0 Å². The Morgan fingerprint density at radius 1 is 1.15 bits per heavy atom. The molecule has 1 aliphatic rings. The fourth-order valence-corrected chi connectivity index (χ4v) is 4.88. The van der Waals surface area contributed by atoms with Gasteiger partial charge in [0, 0.05) is 24.7 Å². The van der Waals surface area contributed by atoms with Gasteiger partial charge in [-0.3, -0.25) is 0 Å². The first-order chi connectivity index (χ1) is 12.9. The van der Waals surface area contributed by atoms with Gasteiger partial charge in [-0.05, 0) is 62.4 Å². The van der Waals surface area contributed by atoms with E-state index in [2.05, 4.69) is 15.7 Å². The van der Waals surface area contributed by atoms with Crippen LogP contribution in [0, 0.1) is 12.8 Å². The Morgan fingerprint density at radius 2 is 1.89 bits per heavy atom. The van der Waals surface area contributed by atoms with E-state index in [0.717, 1.165) is 49.5 Å². The maximum Gasteiger partial charge on any atom is 0.240 e. The Balaban J connectivity index is 1.51. The van der Waals surface area contributed by atoms with Gasteiger partial charge in [-0.2, -0.15) is 0 Å². The molecule has 1 N–H and O–H groups in total. The Bertz CT molecular complexity index is 853. The molecule has 27 heavy (non-hydrogen) atoms. The number of halogens is 1. The van der Waals surface area contributed by atoms with Crippen molar-refractivity contribution in [3.05, 3.63) is 64.7 Å². The van der Waals surface area contributed by atoms with Gasteiger partial charge in [0.25, 0.3) is 0 Å². The summed E-state index contributed by atoms with van der Waals surface area (Å²) in [5.41, 5.74) is 2.22. The highest BCUT2D eigenvalue weighted by molar-refractivity contribution is 7.89. The van der Waals surface area contributed by atoms with Gasteiger partial charge in [0.1, 0.15) is 0 Å². The first-order valence-electron chi connectivity index (χ1n) is 9.46. The van der Waals surface area contributed by atoms with Crippen LogP contribution in [-0.4, -0.2) is 39.5 Å². The van der Waals surface area contributed by atoms with Crippen molar-refractivity contribution in [2.75, 3.05) is 26.2 Å². The number of aryl methyl sites for hydroxylation is 1. The monoisotopic (exact) mass is 406 g/mol. The van der Waals surface area contributed by atoms with E-state index in [1.807, 2.05) is 37.3 Å². The van der Waals surface area contributed by atoms with E-state index >= 15 is 0 Å². The van der Waals surface area contributed by atoms with Gasteiger partial charge < -0.3 is 4.90 Å². The molecule has 0 saturated carbocycles. The Labute approximate surface area is 167 Å². The molecule has 0 radical (unpaired) electrons. The van der Waals surface area contributed by atoms with E-state index in [4.69, 9.17) is 11.6 Å². The van der Waals surface area contributed by atoms with Crippen LogP contribution >= 0.6 is 11.6 Å². The molecule has 0 spiro atoms. The zero-order valence-corrected chi connectivity index (χ0v) is 17.3. The minimum atomic E-state index is -3.44. The third kappa shape index (κ3) is 5.79. The highest BCUT2D eigenvalue weighted by atomic mass is 35.5. The van der Waals surface area contributed by atoms with Crippen LogP contribution in [0.25, 0.3) is 0 Å². The summed E-state index contributed by atoms with van der Waals surface area (Å²) in [7, 11) is -3.44. The van der Waals surface area contributed by atoms with Crippen molar-refractivity contribution < 1.29 is 8.42 Å². The molecule has 6 heteroatoms. The molecule has 1 saturated heterocycles. The Hall–Kier alpha value is -1.40. The number of likely N-dealkylation sites (tertiary alicyclic amines) is 1. The van der Waals surface area contributed by atoms with E-state index in [0.29, 0.717) is 17.4 Å².